The number of nitriles is 1. The smallest absolute Gasteiger partial charge is 0.305 e. The van der Waals surface area contributed by atoms with E-state index in [1.54, 1.807) is 17.0 Å². The number of rotatable bonds is 3. The van der Waals surface area contributed by atoms with Crippen molar-refractivity contribution in [2.45, 2.75) is 12.5 Å². The summed E-state index contributed by atoms with van der Waals surface area (Å²) < 4.78 is 0. The monoisotopic (exact) mass is 260 g/mol. The maximum atomic E-state index is 11.7. The van der Waals surface area contributed by atoms with E-state index in [4.69, 9.17) is 10.4 Å². The zero-order valence-corrected chi connectivity index (χ0v) is 10.0. The quantitative estimate of drug-likeness (QED) is 0.775. The first kappa shape index (κ1) is 12.8. The summed E-state index contributed by atoms with van der Waals surface area (Å²) in [5.74, 6) is -1.34. The minimum atomic E-state index is -1.03. The van der Waals surface area contributed by atoms with Gasteiger partial charge in [-0.15, -0.1) is 0 Å². The molecule has 1 unspecified atom stereocenters. The van der Waals surface area contributed by atoms with Gasteiger partial charge in [0.15, 0.2) is 0 Å². The lowest BCUT2D eigenvalue weighted by molar-refractivity contribution is -0.139. The van der Waals surface area contributed by atoms with Gasteiger partial charge in [-0.2, -0.15) is 5.26 Å². The minimum absolute atomic E-state index is 0.272. The highest BCUT2D eigenvalue weighted by atomic mass is 16.4. The summed E-state index contributed by atoms with van der Waals surface area (Å²) in [6.45, 7) is 0.965. The Balaban J connectivity index is 2.25. The van der Waals surface area contributed by atoms with E-state index in [9.17, 15) is 9.59 Å². The van der Waals surface area contributed by atoms with E-state index in [-0.39, 0.29) is 18.0 Å². The molecule has 1 saturated heterocycles. The normalized spacial score (nSPS) is 18.6. The number of nitrogens with one attached hydrogen (secondary N) is 1. The molecule has 1 aromatic rings. The number of aliphatic carboxylic acids is 1. The molecule has 0 aliphatic carbocycles. The number of pyridine rings is 1. The Hall–Kier alpha value is -2.62. The fraction of sp³-hybridized carbons (Fsp3) is 0.333. The lowest BCUT2D eigenvalue weighted by Crippen LogP contribution is -2.56. The van der Waals surface area contributed by atoms with Crippen molar-refractivity contribution in [2.24, 2.45) is 0 Å². The fourth-order valence-corrected chi connectivity index (χ4v) is 2.01. The van der Waals surface area contributed by atoms with Crippen molar-refractivity contribution in [1.82, 2.24) is 10.3 Å². The molecule has 1 aliphatic rings. The van der Waals surface area contributed by atoms with Crippen LogP contribution in [0.2, 0.25) is 0 Å². The van der Waals surface area contributed by atoms with Crippen LogP contribution in [0.4, 0.5) is 5.69 Å². The van der Waals surface area contributed by atoms with Crippen LogP contribution in [0.15, 0.2) is 18.3 Å². The largest absolute Gasteiger partial charge is 0.481 e. The average Bonchev–Trinajstić information content (AvgIpc) is 2.41. The van der Waals surface area contributed by atoms with Crippen molar-refractivity contribution < 1.29 is 14.7 Å². The Labute approximate surface area is 109 Å². The number of carbonyl (C=O) groups is 2. The molecule has 7 nitrogen and oxygen atoms in total. The number of nitrogens with zero attached hydrogens (tertiary/aromatic N) is 3. The molecule has 19 heavy (non-hydrogen) atoms. The Morgan fingerprint density at radius 2 is 2.42 bits per heavy atom. The summed E-state index contributed by atoms with van der Waals surface area (Å²) >= 11 is 0. The Morgan fingerprint density at radius 1 is 1.63 bits per heavy atom. The number of carbonyl (C=O) groups excluding carboxylic acids is 1. The SMILES string of the molecule is N#Cc1ccc(N2CCNC(=O)C2CC(=O)O)cn1. The molecule has 7 heteroatoms. The molecule has 1 aliphatic heterocycles. The van der Waals surface area contributed by atoms with Gasteiger partial charge in [0.25, 0.3) is 0 Å². The summed E-state index contributed by atoms with van der Waals surface area (Å²) in [7, 11) is 0. The van der Waals surface area contributed by atoms with E-state index in [2.05, 4.69) is 10.3 Å². The fourth-order valence-electron chi connectivity index (χ4n) is 2.01. The number of piperazine rings is 1. The van der Waals surface area contributed by atoms with Crippen LogP contribution in [0.25, 0.3) is 0 Å². The summed E-state index contributed by atoms with van der Waals surface area (Å²) in [5.41, 5.74) is 0.917. The third-order valence-electron chi connectivity index (χ3n) is 2.89. The van der Waals surface area contributed by atoms with Crippen LogP contribution in [-0.2, 0) is 9.59 Å². The maximum absolute atomic E-state index is 11.7. The minimum Gasteiger partial charge on any atom is -0.481 e. The molecule has 2 rings (SSSR count). The second-order valence-electron chi connectivity index (χ2n) is 4.11. The van der Waals surface area contributed by atoms with Gasteiger partial charge >= 0.3 is 5.97 Å². The summed E-state index contributed by atoms with van der Waals surface area (Å²) in [6.07, 6.45) is 1.21. The second kappa shape index (κ2) is 5.35. The summed E-state index contributed by atoms with van der Waals surface area (Å²) in [5, 5.41) is 20.2. The highest BCUT2D eigenvalue weighted by Gasteiger charge is 2.31. The first-order valence-corrected chi connectivity index (χ1v) is 5.74. The van der Waals surface area contributed by atoms with E-state index in [0.29, 0.717) is 18.8 Å². The second-order valence-corrected chi connectivity index (χ2v) is 4.11. The topological polar surface area (TPSA) is 106 Å². The average molecular weight is 260 g/mol. The van der Waals surface area contributed by atoms with Crippen molar-refractivity contribution in [3.63, 3.8) is 0 Å². The summed E-state index contributed by atoms with van der Waals surface area (Å²) in [6, 6.07) is 4.36. The molecular weight excluding hydrogens is 248 g/mol. The lowest BCUT2D eigenvalue weighted by Gasteiger charge is -2.35. The molecule has 98 valence electrons. The maximum Gasteiger partial charge on any atom is 0.305 e. The van der Waals surface area contributed by atoms with Gasteiger partial charge < -0.3 is 15.3 Å². The molecule has 0 saturated carbocycles. The molecule has 1 amide bonds. The van der Waals surface area contributed by atoms with E-state index >= 15 is 0 Å². The third kappa shape index (κ3) is 2.80. The number of hydrogen-bond acceptors (Lipinski definition) is 5. The van der Waals surface area contributed by atoms with Gasteiger partial charge in [-0.05, 0) is 12.1 Å². The Kier molecular flexibility index (Phi) is 3.61. The Bertz CT molecular complexity index is 535. The van der Waals surface area contributed by atoms with Crippen molar-refractivity contribution in [2.75, 3.05) is 18.0 Å². The van der Waals surface area contributed by atoms with Gasteiger partial charge in [-0.1, -0.05) is 0 Å². The highest BCUT2D eigenvalue weighted by Crippen LogP contribution is 2.19. The molecule has 0 aromatic carbocycles. The van der Waals surface area contributed by atoms with Crippen molar-refractivity contribution in [3.05, 3.63) is 24.0 Å². The van der Waals surface area contributed by atoms with E-state index in [1.165, 1.54) is 6.20 Å². The van der Waals surface area contributed by atoms with Crippen molar-refractivity contribution in [3.8, 4) is 6.07 Å². The van der Waals surface area contributed by atoms with Gasteiger partial charge in [0, 0.05) is 13.1 Å². The van der Waals surface area contributed by atoms with Crippen LogP contribution >= 0.6 is 0 Å². The molecule has 2 N–H and O–H groups in total. The first-order valence-electron chi connectivity index (χ1n) is 5.74. The van der Waals surface area contributed by atoms with Crippen molar-refractivity contribution in [1.29, 1.82) is 5.26 Å². The molecule has 0 bridgehead atoms. The van der Waals surface area contributed by atoms with Gasteiger partial charge in [-0.25, -0.2) is 4.98 Å². The molecule has 1 fully saturated rings. The zero-order chi connectivity index (χ0) is 13.8. The van der Waals surface area contributed by atoms with Crippen LogP contribution in [0.3, 0.4) is 0 Å². The number of carboxylic acids is 1. The standard InChI is InChI=1S/C12H12N4O3/c13-6-8-1-2-9(7-15-8)16-4-3-14-12(19)10(16)5-11(17)18/h1-2,7,10H,3-5H2,(H,14,19)(H,17,18). The van der Waals surface area contributed by atoms with Crippen LogP contribution in [0, 0.1) is 11.3 Å². The third-order valence-corrected chi connectivity index (χ3v) is 2.89. The van der Waals surface area contributed by atoms with Crippen LogP contribution in [0.1, 0.15) is 12.1 Å². The Morgan fingerprint density at radius 3 is 3.00 bits per heavy atom. The van der Waals surface area contributed by atoms with E-state index < -0.39 is 12.0 Å². The molecule has 0 radical (unpaired) electrons. The van der Waals surface area contributed by atoms with Gasteiger partial charge in [0.05, 0.1) is 18.3 Å². The van der Waals surface area contributed by atoms with Gasteiger partial charge in [0.1, 0.15) is 17.8 Å². The molecule has 0 spiro atoms. The number of carboxylic acid groups (broad SMARTS) is 1. The summed E-state index contributed by atoms with van der Waals surface area (Å²) in [4.78, 5) is 28.2. The highest BCUT2D eigenvalue weighted by molar-refractivity contribution is 5.90. The molecular formula is C12H12N4O3. The number of anilines is 1. The van der Waals surface area contributed by atoms with Crippen LogP contribution < -0.4 is 10.2 Å². The van der Waals surface area contributed by atoms with Gasteiger partial charge in [-0.3, -0.25) is 9.59 Å². The van der Waals surface area contributed by atoms with E-state index in [1.807, 2.05) is 6.07 Å². The lowest BCUT2D eigenvalue weighted by atomic mass is 10.1. The first-order chi connectivity index (χ1) is 9.11. The predicted octanol–water partition coefficient (Wildman–Crippen LogP) is -0.267. The molecule has 1 aromatic heterocycles. The van der Waals surface area contributed by atoms with Crippen LogP contribution in [-0.4, -0.2) is 41.1 Å². The van der Waals surface area contributed by atoms with Gasteiger partial charge in [0.2, 0.25) is 5.91 Å². The number of hydrogen-bond donors (Lipinski definition) is 2. The molecule has 2 heterocycles. The van der Waals surface area contributed by atoms with Crippen LogP contribution in [0.5, 0.6) is 0 Å². The number of amides is 1. The van der Waals surface area contributed by atoms with Crippen molar-refractivity contribution >= 4 is 17.6 Å². The predicted molar refractivity (Wildman–Crippen MR) is 65.3 cm³/mol. The zero-order valence-electron chi connectivity index (χ0n) is 10.0. The number of aromatic nitrogens is 1. The van der Waals surface area contributed by atoms with E-state index in [0.717, 1.165) is 0 Å². The molecule has 1 atom stereocenters.